The summed E-state index contributed by atoms with van der Waals surface area (Å²) in [6.07, 6.45) is 20.0. The van der Waals surface area contributed by atoms with Crippen LogP contribution in [-0.2, 0) is 26.2 Å². The van der Waals surface area contributed by atoms with Gasteiger partial charge in [0.1, 0.15) is 0 Å². The summed E-state index contributed by atoms with van der Waals surface area (Å²) in [4.78, 5) is 0. The van der Waals surface area contributed by atoms with Crippen molar-refractivity contribution in [3.8, 4) is 0 Å². The van der Waals surface area contributed by atoms with Crippen molar-refractivity contribution in [3.63, 3.8) is 0 Å². The van der Waals surface area contributed by atoms with Crippen LogP contribution < -0.4 is 0 Å². The van der Waals surface area contributed by atoms with Crippen LogP contribution >= 0.6 is 0 Å². The van der Waals surface area contributed by atoms with Crippen molar-refractivity contribution in [3.05, 3.63) is 77.0 Å². The van der Waals surface area contributed by atoms with Gasteiger partial charge in [0.2, 0.25) is 0 Å². The molecule has 2 rings (SSSR count). The topological polar surface area (TPSA) is 22.3 Å². The van der Waals surface area contributed by atoms with Crippen LogP contribution in [-0.4, -0.2) is 5.71 Å². The Morgan fingerprint density at radius 1 is 0.684 bits per heavy atom. The molecule has 2 fully saturated rings. The molecule has 0 spiro atoms. The first-order valence-corrected chi connectivity index (χ1v) is 5.81. The van der Waals surface area contributed by atoms with Crippen LogP contribution in [0.4, 0.5) is 0 Å². The van der Waals surface area contributed by atoms with Gasteiger partial charge in [0, 0.05) is 0 Å². The Morgan fingerprint density at radius 2 is 0.789 bits per heavy atom. The Balaban J connectivity index is -0.000000194. The average molecular weight is 335 g/mol. The molecule has 2 aliphatic carbocycles. The number of hydrogen-bond acceptors (Lipinski definition) is 0. The van der Waals surface area contributed by atoms with Crippen LogP contribution in [0.15, 0.2) is 0 Å². The molecular weight excluding hydrogens is 309 g/mol. The minimum atomic E-state index is -0.0278. The summed E-state index contributed by atoms with van der Waals surface area (Å²) in [5.41, 5.74) is 0.465. The molecule has 0 aromatic heterocycles. The number of rotatable bonds is 0. The standard InChI is InChI=1S/C6H12N.2C5H5.CH3.Zr/c1-5(7)6(2,3)4;2*1-2-4-5-3-1;;/h1-4H3;2*1-5H;1H3;/q-1;;;-1;+4. The molecule has 0 aromatic carbocycles. The van der Waals surface area contributed by atoms with Gasteiger partial charge in [-0.2, -0.15) is 0 Å². The third-order valence-corrected chi connectivity index (χ3v) is 2.20. The van der Waals surface area contributed by atoms with Gasteiger partial charge in [0.05, 0.1) is 0 Å². The maximum absolute atomic E-state index is 8.81. The van der Waals surface area contributed by atoms with Crippen LogP contribution in [0.3, 0.4) is 0 Å². The van der Waals surface area contributed by atoms with E-state index in [2.05, 4.69) is 0 Å². The molecule has 2 heteroatoms. The van der Waals surface area contributed by atoms with E-state index in [0.29, 0.717) is 5.71 Å². The molecule has 1 nitrogen and oxygen atoms in total. The van der Waals surface area contributed by atoms with Gasteiger partial charge in [-0.25, -0.2) is 5.71 Å². The second-order valence-electron chi connectivity index (χ2n) is 4.76. The summed E-state index contributed by atoms with van der Waals surface area (Å²) < 4.78 is 0. The van der Waals surface area contributed by atoms with E-state index in [1.165, 1.54) is 0 Å². The first-order valence-electron chi connectivity index (χ1n) is 5.81. The van der Waals surface area contributed by atoms with Crippen LogP contribution in [0.2, 0.25) is 0 Å². The maximum atomic E-state index is 8.81. The molecule has 0 heterocycles. The van der Waals surface area contributed by atoms with Crippen molar-refractivity contribution in [1.82, 2.24) is 0 Å². The predicted molar refractivity (Wildman–Crippen MR) is 82.9 cm³/mol. The third kappa shape index (κ3) is 18.6. The summed E-state index contributed by atoms with van der Waals surface area (Å²) >= 11 is 0. The van der Waals surface area contributed by atoms with Crippen LogP contribution in [0.1, 0.15) is 27.7 Å². The molecule has 0 amide bonds. The molecular formula is C17H25NZr+2. The summed E-state index contributed by atoms with van der Waals surface area (Å²) in [6.45, 7) is 7.65. The summed E-state index contributed by atoms with van der Waals surface area (Å²) in [5.74, 6) is 0. The molecule has 2 aliphatic rings. The quantitative estimate of drug-likeness (QED) is 0.458. The van der Waals surface area contributed by atoms with Gasteiger partial charge >= 0.3 is 26.2 Å². The van der Waals surface area contributed by atoms with Gasteiger partial charge in [-0.15, -0.1) is 0 Å². The molecule has 0 saturated heterocycles. The fourth-order valence-electron chi connectivity index (χ4n) is 0.642. The Morgan fingerprint density at radius 3 is 0.842 bits per heavy atom. The fraction of sp³-hybridized carbons (Fsp3) is 0.294. The fourth-order valence-corrected chi connectivity index (χ4v) is 0.642. The zero-order valence-corrected chi connectivity index (χ0v) is 15.2. The molecule has 2 saturated carbocycles. The van der Waals surface area contributed by atoms with E-state index in [-0.39, 0.29) is 39.0 Å². The van der Waals surface area contributed by atoms with E-state index in [0.717, 1.165) is 0 Å². The van der Waals surface area contributed by atoms with E-state index in [9.17, 15) is 0 Å². The Labute approximate surface area is 142 Å². The zero-order valence-electron chi connectivity index (χ0n) is 12.7. The SMILES string of the molecule is CC(=[N-])C(C)(C)C.[CH3-].[CH]1[CH][CH][CH][CH]1.[CH]1[CH][CH][CH][CH]1.[Zr+4]. The maximum Gasteiger partial charge on any atom is 4.00 e. The molecule has 100 valence electrons. The van der Waals surface area contributed by atoms with Crippen LogP contribution in [0, 0.1) is 77.0 Å². The predicted octanol–water partition coefficient (Wildman–Crippen LogP) is 4.55. The van der Waals surface area contributed by atoms with Crippen molar-refractivity contribution in [2.45, 2.75) is 27.7 Å². The summed E-state index contributed by atoms with van der Waals surface area (Å²) in [7, 11) is 0. The van der Waals surface area contributed by atoms with Crippen LogP contribution in [0.5, 0.6) is 0 Å². The van der Waals surface area contributed by atoms with Gasteiger partial charge in [-0.1, -0.05) is 27.7 Å². The number of hydrogen-bond donors (Lipinski definition) is 0. The summed E-state index contributed by atoms with van der Waals surface area (Å²) in [6, 6.07) is 0. The molecule has 10 radical (unpaired) electrons. The van der Waals surface area contributed by atoms with E-state index in [1.807, 2.05) is 85.0 Å². The molecule has 0 atom stereocenters. The van der Waals surface area contributed by atoms with Crippen molar-refractivity contribution in [1.29, 1.82) is 0 Å². The Bertz CT molecular complexity index is 161. The van der Waals surface area contributed by atoms with E-state index < -0.39 is 0 Å². The van der Waals surface area contributed by atoms with Gasteiger partial charge < -0.3 is 12.8 Å². The average Bonchev–Trinajstić information content (AvgIpc) is 2.96. The van der Waals surface area contributed by atoms with Gasteiger partial charge in [0.25, 0.3) is 0 Å². The Hall–Kier alpha value is 0.553. The van der Waals surface area contributed by atoms with Gasteiger partial charge in [-0.05, 0) is 69.6 Å². The minimum Gasteiger partial charge on any atom is -0.811 e. The molecule has 0 bridgehead atoms. The van der Waals surface area contributed by atoms with E-state index >= 15 is 0 Å². The third-order valence-electron chi connectivity index (χ3n) is 2.20. The summed E-state index contributed by atoms with van der Waals surface area (Å²) in [5, 5.41) is 8.81. The minimum absolute atomic E-state index is 0. The largest absolute Gasteiger partial charge is 4.00 e. The van der Waals surface area contributed by atoms with Gasteiger partial charge in [-0.3, -0.25) is 0 Å². The number of nitrogens with zero attached hydrogens (tertiary/aromatic N) is 1. The van der Waals surface area contributed by atoms with Crippen molar-refractivity contribution in [2.75, 3.05) is 0 Å². The zero-order chi connectivity index (χ0) is 13.1. The molecule has 0 aliphatic heterocycles. The van der Waals surface area contributed by atoms with E-state index in [4.69, 9.17) is 5.41 Å². The normalized spacial score (nSPS) is 16.8. The smallest absolute Gasteiger partial charge is 0.811 e. The first kappa shape index (κ1) is 24.6. The van der Waals surface area contributed by atoms with E-state index in [1.54, 1.807) is 6.92 Å². The monoisotopic (exact) mass is 333 g/mol. The van der Waals surface area contributed by atoms with Crippen molar-refractivity contribution < 1.29 is 26.2 Å². The second kappa shape index (κ2) is 15.0. The van der Waals surface area contributed by atoms with Gasteiger partial charge in [0.15, 0.2) is 0 Å². The first-order chi connectivity index (χ1) is 7.94. The molecule has 19 heavy (non-hydrogen) atoms. The Kier molecular flexibility index (Phi) is 19.3. The molecule has 0 N–H and O–H groups in total. The van der Waals surface area contributed by atoms with Crippen LogP contribution in [0.25, 0.3) is 5.41 Å². The molecule has 0 aromatic rings. The van der Waals surface area contributed by atoms with Crippen molar-refractivity contribution in [2.24, 2.45) is 5.41 Å². The van der Waals surface area contributed by atoms with Crippen molar-refractivity contribution >= 4 is 5.71 Å². The second-order valence-corrected chi connectivity index (χ2v) is 4.76. The molecule has 0 unspecified atom stereocenters.